The van der Waals surface area contributed by atoms with E-state index in [0.29, 0.717) is 19.0 Å². The van der Waals surface area contributed by atoms with Gasteiger partial charge in [-0.3, -0.25) is 4.72 Å². The first-order valence-electron chi connectivity index (χ1n) is 10.3. The summed E-state index contributed by atoms with van der Waals surface area (Å²) in [5.41, 5.74) is -0.0666. The highest BCUT2D eigenvalue weighted by Crippen LogP contribution is 2.37. The normalized spacial score (nSPS) is 16.6. The smallest absolute Gasteiger partial charge is 0.356 e. The SMILES string of the molecule is CC.CCNSc1ccc(Nc2ncc(C(F)(F)F)c(N3CCCC(C)C3)n2)cc1. The highest BCUT2D eigenvalue weighted by molar-refractivity contribution is 7.97. The molecule has 1 saturated heterocycles. The molecule has 1 aromatic carbocycles. The third kappa shape index (κ3) is 6.77. The number of anilines is 3. The summed E-state index contributed by atoms with van der Waals surface area (Å²) in [5, 5.41) is 3.01. The molecule has 1 aromatic heterocycles. The second-order valence-corrected chi connectivity index (χ2v) is 7.84. The van der Waals surface area contributed by atoms with Crippen molar-refractivity contribution >= 4 is 29.4 Å². The lowest BCUT2D eigenvalue weighted by Gasteiger charge is -2.33. The summed E-state index contributed by atoms with van der Waals surface area (Å²) in [5.74, 6) is 0.451. The van der Waals surface area contributed by atoms with Gasteiger partial charge in [-0.1, -0.05) is 27.7 Å². The fourth-order valence-electron chi connectivity index (χ4n) is 3.15. The second-order valence-electron chi connectivity index (χ2n) is 6.87. The van der Waals surface area contributed by atoms with E-state index in [4.69, 9.17) is 0 Å². The molecule has 1 aliphatic heterocycles. The lowest BCUT2D eigenvalue weighted by Crippen LogP contribution is -2.36. The van der Waals surface area contributed by atoms with Crippen LogP contribution in [0.25, 0.3) is 0 Å². The van der Waals surface area contributed by atoms with E-state index in [1.54, 1.807) is 4.90 Å². The van der Waals surface area contributed by atoms with Gasteiger partial charge in [0.1, 0.15) is 11.4 Å². The molecule has 2 N–H and O–H groups in total. The number of rotatable bonds is 6. The quantitative estimate of drug-likeness (QED) is 0.527. The van der Waals surface area contributed by atoms with Gasteiger partial charge >= 0.3 is 6.18 Å². The largest absolute Gasteiger partial charge is 0.421 e. The van der Waals surface area contributed by atoms with Crippen molar-refractivity contribution in [1.82, 2.24) is 14.7 Å². The average Bonchev–Trinajstić information content (AvgIpc) is 2.74. The zero-order chi connectivity index (χ0) is 22.1. The van der Waals surface area contributed by atoms with E-state index in [0.717, 1.165) is 36.2 Å². The maximum Gasteiger partial charge on any atom is 0.421 e. The Morgan fingerprint density at radius 2 is 1.90 bits per heavy atom. The van der Waals surface area contributed by atoms with Crippen molar-refractivity contribution in [2.45, 2.75) is 51.6 Å². The van der Waals surface area contributed by atoms with E-state index in [-0.39, 0.29) is 11.8 Å². The Morgan fingerprint density at radius 1 is 1.20 bits per heavy atom. The molecule has 9 heteroatoms. The molecular weight excluding hydrogens is 411 g/mol. The molecule has 0 saturated carbocycles. The van der Waals surface area contributed by atoms with Crippen molar-refractivity contribution in [2.24, 2.45) is 5.92 Å². The molecule has 1 fully saturated rings. The Labute approximate surface area is 181 Å². The van der Waals surface area contributed by atoms with Crippen LogP contribution in [0.3, 0.4) is 0 Å². The Kier molecular flexibility index (Phi) is 9.23. The number of benzene rings is 1. The van der Waals surface area contributed by atoms with Gasteiger partial charge in [0.2, 0.25) is 5.95 Å². The van der Waals surface area contributed by atoms with E-state index in [2.05, 4.69) is 20.0 Å². The zero-order valence-corrected chi connectivity index (χ0v) is 18.7. The van der Waals surface area contributed by atoms with Gasteiger partial charge < -0.3 is 10.2 Å². The standard InChI is InChI=1S/C19H24F3N5S.C2H6/c1-3-24-28-15-8-6-14(7-9-15)25-18-23-11-16(19(20,21)22)17(26-18)27-10-4-5-13(2)12-27;1-2/h6-9,11,13,24H,3-5,10,12H2,1-2H3,(H,23,25,26);1-2H3. The Bertz CT molecular complexity index is 783. The Balaban J connectivity index is 0.00000155. The summed E-state index contributed by atoms with van der Waals surface area (Å²) in [6, 6.07) is 7.55. The molecule has 1 aliphatic rings. The predicted octanol–water partition coefficient (Wildman–Crippen LogP) is 6.12. The van der Waals surface area contributed by atoms with Gasteiger partial charge in [-0.15, -0.1) is 0 Å². The van der Waals surface area contributed by atoms with E-state index < -0.39 is 11.7 Å². The van der Waals surface area contributed by atoms with Gasteiger partial charge in [-0.2, -0.15) is 18.2 Å². The topological polar surface area (TPSA) is 53.1 Å². The molecule has 2 heterocycles. The van der Waals surface area contributed by atoms with Crippen LogP contribution < -0.4 is 14.9 Å². The highest BCUT2D eigenvalue weighted by atomic mass is 32.2. The lowest BCUT2D eigenvalue weighted by atomic mass is 10.00. The van der Waals surface area contributed by atoms with Crippen LogP contribution >= 0.6 is 11.9 Å². The number of alkyl halides is 3. The summed E-state index contributed by atoms with van der Waals surface area (Å²) in [4.78, 5) is 10.9. The van der Waals surface area contributed by atoms with Crippen molar-refractivity contribution in [1.29, 1.82) is 0 Å². The summed E-state index contributed by atoms with van der Waals surface area (Å²) >= 11 is 1.52. The third-order valence-corrected chi connectivity index (χ3v) is 5.42. The second kappa shape index (κ2) is 11.4. The number of piperidine rings is 1. The predicted molar refractivity (Wildman–Crippen MR) is 118 cm³/mol. The monoisotopic (exact) mass is 441 g/mol. The molecule has 0 bridgehead atoms. The summed E-state index contributed by atoms with van der Waals surface area (Å²) in [6.45, 7) is 10.1. The molecule has 3 rings (SSSR count). The van der Waals surface area contributed by atoms with Crippen LogP contribution in [0.5, 0.6) is 0 Å². The van der Waals surface area contributed by atoms with Crippen LogP contribution in [0.4, 0.5) is 30.6 Å². The minimum Gasteiger partial charge on any atom is -0.356 e. The Hall–Kier alpha value is -2.00. The van der Waals surface area contributed by atoms with E-state index in [1.807, 2.05) is 52.0 Å². The summed E-state index contributed by atoms with van der Waals surface area (Å²) in [6.07, 6.45) is -1.74. The molecule has 166 valence electrons. The van der Waals surface area contributed by atoms with E-state index in [9.17, 15) is 13.2 Å². The first kappa shape index (κ1) is 24.3. The third-order valence-electron chi connectivity index (χ3n) is 4.48. The Morgan fingerprint density at radius 3 is 2.50 bits per heavy atom. The van der Waals surface area contributed by atoms with E-state index in [1.165, 1.54) is 11.9 Å². The number of aromatic nitrogens is 2. The number of nitrogens with one attached hydrogen (secondary N) is 2. The maximum atomic E-state index is 13.5. The van der Waals surface area contributed by atoms with Crippen LogP contribution in [0.1, 0.15) is 46.1 Å². The minimum atomic E-state index is -4.49. The highest BCUT2D eigenvalue weighted by Gasteiger charge is 2.37. The molecule has 2 aromatic rings. The minimum absolute atomic E-state index is 0.0455. The number of hydrogen-bond acceptors (Lipinski definition) is 6. The zero-order valence-electron chi connectivity index (χ0n) is 17.9. The lowest BCUT2D eigenvalue weighted by molar-refractivity contribution is -0.137. The fourth-order valence-corrected chi connectivity index (χ4v) is 3.73. The summed E-state index contributed by atoms with van der Waals surface area (Å²) < 4.78 is 43.6. The average molecular weight is 442 g/mol. The first-order chi connectivity index (χ1) is 14.4. The molecule has 1 atom stereocenters. The van der Waals surface area contributed by atoms with Gasteiger partial charge in [-0.25, -0.2) is 4.98 Å². The maximum absolute atomic E-state index is 13.5. The molecule has 0 amide bonds. The van der Waals surface area contributed by atoms with E-state index >= 15 is 0 Å². The van der Waals surface area contributed by atoms with Gasteiger partial charge in [-0.05, 0) is 55.0 Å². The molecule has 5 nitrogen and oxygen atoms in total. The molecule has 0 radical (unpaired) electrons. The van der Waals surface area contributed by atoms with Crippen molar-refractivity contribution in [3.63, 3.8) is 0 Å². The number of halogens is 3. The van der Waals surface area contributed by atoms with Crippen LogP contribution in [0, 0.1) is 5.92 Å². The molecular formula is C21H30F3N5S. The van der Waals surface area contributed by atoms with Crippen LogP contribution in [-0.4, -0.2) is 29.6 Å². The van der Waals surface area contributed by atoms with Crippen molar-refractivity contribution < 1.29 is 13.2 Å². The van der Waals surface area contributed by atoms with Crippen LogP contribution in [0.15, 0.2) is 35.4 Å². The van der Waals surface area contributed by atoms with Gasteiger partial charge in [0.05, 0.1) is 0 Å². The van der Waals surface area contributed by atoms with Crippen molar-refractivity contribution in [3.05, 3.63) is 36.0 Å². The van der Waals surface area contributed by atoms with Crippen molar-refractivity contribution in [2.75, 3.05) is 29.9 Å². The van der Waals surface area contributed by atoms with Crippen LogP contribution in [0.2, 0.25) is 0 Å². The van der Waals surface area contributed by atoms with Crippen molar-refractivity contribution in [3.8, 4) is 0 Å². The van der Waals surface area contributed by atoms with Gasteiger partial charge in [0, 0.05) is 36.4 Å². The fraction of sp³-hybridized carbons (Fsp3) is 0.524. The number of hydrogen-bond donors (Lipinski definition) is 2. The molecule has 0 spiro atoms. The van der Waals surface area contributed by atoms with Gasteiger partial charge in [0.25, 0.3) is 0 Å². The summed E-state index contributed by atoms with van der Waals surface area (Å²) in [7, 11) is 0. The van der Waals surface area contributed by atoms with Crippen LogP contribution in [-0.2, 0) is 6.18 Å². The molecule has 0 aliphatic carbocycles. The van der Waals surface area contributed by atoms with Gasteiger partial charge in [0.15, 0.2) is 0 Å². The number of nitrogens with zero attached hydrogens (tertiary/aromatic N) is 3. The molecule has 30 heavy (non-hydrogen) atoms. The first-order valence-corrected chi connectivity index (χ1v) is 11.1. The molecule has 1 unspecified atom stereocenters.